The molecule has 0 saturated carbocycles. The molecule has 0 aliphatic rings. The van der Waals surface area contributed by atoms with Crippen LogP contribution >= 0.6 is 0 Å². The minimum absolute atomic E-state index is 0.636. The van der Waals surface area contributed by atoms with Crippen molar-refractivity contribution in [2.24, 2.45) is 0 Å². The number of rotatable bonds is 5. The fourth-order valence-electron chi connectivity index (χ4n) is 7.30. The van der Waals surface area contributed by atoms with Gasteiger partial charge in [-0.1, -0.05) is 164 Å². The lowest BCUT2D eigenvalue weighted by atomic mass is 9.91. The van der Waals surface area contributed by atoms with E-state index >= 15 is 0 Å². The molecule has 0 spiro atoms. The van der Waals surface area contributed by atoms with Gasteiger partial charge in [-0.15, -0.1) is 0 Å². The monoisotopic (exact) mass is 651 g/mol. The average Bonchev–Trinajstić information content (AvgIpc) is 3.58. The largest absolute Gasteiger partial charge is 0.455 e. The van der Waals surface area contributed by atoms with Gasteiger partial charge in [-0.25, -0.2) is 15.0 Å². The second-order valence-electron chi connectivity index (χ2n) is 12.8. The van der Waals surface area contributed by atoms with E-state index in [0.717, 1.165) is 77.0 Å². The van der Waals surface area contributed by atoms with E-state index in [4.69, 9.17) is 19.4 Å². The molecule has 2 heterocycles. The number of hydrogen-bond donors (Lipinski definition) is 0. The molecule has 10 aromatic rings. The molecule has 0 aliphatic heterocycles. The summed E-state index contributed by atoms with van der Waals surface area (Å²) in [5.74, 6) is 1.91. The van der Waals surface area contributed by atoms with Crippen LogP contribution in [0, 0.1) is 0 Å². The van der Waals surface area contributed by atoms with Crippen molar-refractivity contribution in [2.45, 2.75) is 0 Å². The molecular formula is C47H29N3O. The van der Waals surface area contributed by atoms with Gasteiger partial charge in [0.15, 0.2) is 17.5 Å². The smallest absolute Gasteiger partial charge is 0.165 e. The number of aromatic nitrogens is 3. The maximum atomic E-state index is 6.56. The van der Waals surface area contributed by atoms with Crippen LogP contribution in [0.5, 0.6) is 0 Å². The number of hydrogen-bond acceptors (Lipinski definition) is 4. The van der Waals surface area contributed by atoms with Gasteiger partial charge >= 0.3 is 0 Å². The minimum Gasteiger partial charge on any atom is -0.455 e. The van der Waals surface area contributed by atoms with E-state index in [0.29, 0.717) is 17.5 Å². The van der Waals surface area contributed by atoms with Crippen molar-refractivity contribution in [3.8, 4) is 56.4 Å². The Hall–Kier alpha value is -6.91. The number of para-hydroxylation sites is 1. The van der Waals surface area contributed by atoms with E-state index in [-0.39, 0.29) is 0 Å². The molecule has 0 fully saturated rings. The van der Waals surface area contributed by atoms with Gasteiger partial charge in [0.05, 0.1) is 0 Å². The van der Waals surface area contributed by atoms with Gasteiger partial charge in [0.1, 0.15) is 11.2 Å². The molecule has 0 amide bonds. The van der Waals surface area contributed by atoms with Crippen LogP contribution in [0.4, 0.5) is 0 Å². The summed E-state index contributed by atoms with van der Waals surface area (Å²) in [5.41, 5.74) is 8.97. The highest BCUT2D eigenvalue weighted by Crippen LogP contribution is 2.43. The number of furan rings is 1. The Morgan fingerprint density at radius 1 is 0.333 bits per heavy atom. The van der Waals surface area contributed by atoms with E-state index < -0.39 is 0 Å². The predicted octanol–water partition coefficient (Wildman–Crippen LogP) is 12.4. The molecule has 4 heteroatoms. The molecule has 0 saturated heterocycles. The van der Waals surface area contributed by atoms with E-state index in [1.807, 2.05) is 72.8 Å². The molecule has 0 aliphatic carbocycles. The summed E-state index contributed by atoms with van der Waals surface area (Å²) in [6.45, 7) is 0. The molecule has 10 rings (SSSR count). The van der Waals surface area contributed by atoms with Crippen LogP contribution < -0.4 is 0 Å². The lowest BCUT2D eigenvalue weighted by Crippen LogP contribution is -2.01. The van der Waals surface area contributed by atoms with Gasteiger partial charge in [0, 0.05) is 33.0 Å². The Balaban J connectivity index is 1.18. The quantitative estimate of drug-likeness (QED) is 0.186. The molecule has 0 unspecified atom stereocenters. The van der Waals surface area contributed by atoms with Gasteiger partial charge in [-0.05, 0) is 50.4 Å². The van der Waals surface area contributed by atoms with Crippen LogP contribution in [0.25, 0.3) is 99.9 Å². The molecule has 0 N–H and O–H groups in total. The van der Waals surface area contributed by atoms with Crippen molar-refractivity contribution >= 4 is 43.5 Å². The molecule has 8 aromatic carbocycles. The van der Waals surface area contributed by atoms with E-state index in [9.17, 15) is 0 Å². The first kappa shape index (κ1) is 29.0. The Kier molecular flexibility index (Phi) is 6.78. The fraction of sp³-hybridized carbons (Fsp3) is 0. The standard InChI is InChI=1S/C47H29N3O/c1-3-14-33(15-4-1)45-48-46(34-16-5-2-6-17-34)50-47(49-45)43-36-19-9-7-13-30(36)27-28-38(43)31-23-25-32(26-24-31)42-37-20-10-8-18-35(37)29-40-39-21-11-12-22-41(39)51-44(40)42/h1-29H. The van der Waals surface area contributed by atoms with Crippen LogP contribution in [-0.2, 0) is 0 Å². The predicted molar refractivity (Wildman–Crippen MR) is 209 cm³/mol. The third-order valence-corrected chi connectivity index (χ3v) is 9.73. The van der Waals surface area contributed by atoms with Crippen molar-refractivity contribution < 1.29 is 4.42 Å². The normalized spacial score (nSPS) is 11.5. The summed E-state index contributed by atoms with van der Waals surface area (Å²) < 4.78 is 6.56. The molecule has 0 atom stereocenters. The summed E-state index contributed by atoms with van der Waals surface area (Å²) in [7, 11) is 0. The molecule has 4 nitrogen and oxygen atoms in total. The van der Waals surface area contributed by atoms with Crippen LogP contribution in [-0.4, -0.2) is 15.0 Å². The summed E-state index contributed by atoms with van der Waals surface area (Å²) in [5, 5.41) is 6.80. The van der Waals surface area contributed by atoms with Crippen molar-refractivity contribution in [1.82, 2.24) is 15.0 Å². The molecule has 2 aromatic heterocycles. The molecule has 238 valence electrons. The lowest BCUT2D eigenvalue weighted by molar-refractivity contribution is 0.670. The highest BCUT2D eigenvalue weighted by atomic mass is 16.3. The highest BCUT2D eigenvalue weighted by molar-refractivity contribution is 6.18. The van der Waals surface area contributed by atoms with Crippen molar-refractivity contribution in [2.75, 3.05) is 0 Å². The molecule has 51 heavy (non-hydrogen) atoms. The Labute approximate surface area is 294 Å². The molecular weight excluding hydrogens is 623 g/mol. The first-order valence-corrected chi connectivity index (χ1v) is 17.1. The van der Waals surface area contributed by atoms with Gasteiger partial charge in [0.2, 0.25) is 0 Å². The molecule has 0 radical (unpaired) electrons. The zero-order valence-corrected chi connectivity index (χ0v) is 27.5. The second-order valence-corrected chi connectivity index (χ2v) is 12.8. The third kappa shape index (κ3) is 4.96. The van der Waals surface area contributed by atoms with Gasteiger partial charge in [-0.2, -0.15) is 0 Å². The van der Waals surface area contributed by atoms with Gasteiger partial charge in [0.25, 0.3) is 0 Å². The van der Waals surface area contributed by atoms with Crippen LogP contribution in [0.15, 0.2) is 180 Å². The van der Waals surface area contributed by atoms with Crippen LogP contribution in [0.3, 0.4) is 0 Å². The SMILES string of the molecule is c1ccc(-c2nc(-c3ccccc3)nc(-c3c(-c4ccc(-c5c6ccccc6cc6c5oc5ccccc56)cc4)ccc4ccccc34)n2)cc1. The van der Waals surface area contributed by atoms with Gasteiger partial charge < -0.3 is 4.42 Å². The Morgan fingerprint density at radius 3 is 1.55 bits per heavy atom. The van der Waals surface area contributed by atoms with E-state index in [1.54, 1.807) is 0 Å². The number of benzene rings is 8. The first-order chi connectivity index (χ1) is 25.3. The maximum absolute atomic E-state index is 6.56. The van der Waals surface area contributed by atoms with Gasteiger partial charge in [-0.3, -0.25) is 0 Å². The topological polar surface area (TPSA) is 51.8 Å². The van der Waals surface area contributed by atoms with E-state index in [1.165, 1.54) is 5.39 Å². The van der Waals surface area contributed by atoms with Crippen molar-refractivity contribution in [3.63, 3.8) is 0 Å². The number of fused-ring (bicyclic) bond motifs is 5. The zero-order chi connectivity index (χ0) is 33.7. The maximum Gasteiger partial charge on any atom is 0.165 e. The van der Waals surface area contributed by atoms with Crippen molar-refractivity contribution in [3.05, 3.63) is 176 Å². The van der Waals surface area contributed by atoms with Crippen LogP contribution in [0.2, 0.25) is 0 Å². The Bertz CT molecular complexity index is 2840. The summed E-state index contributed by atoms with van der Waals surface area (Å²) in [4.78, 5) is 15.3. The van der Waals surface area contributed by atoms with E-state index in [2.05, 4.69) is 103 Å². The first-order valence-electron chi connectivity index (χ1n) is 17.1. The Morgan fingerprint density at radius 2 is 0.863 bits per heavy atom. The number of nitrogens with zero attached hydrogens (tertiary/aromatic N) is 3. The zero-order valence-electron chi connectivity index (χ0n) is 27.5. The van der Waals surface area contributed by atoms with Crippen molar-refractivity contribution in [1.29, 1.82) is 0 Å². The summed E-state index contributed by atoms with van der Waals surface area (Å²) in [6.07, 6.45) is 0. The summed E-state index contributed by atoms with van der Waals surface area (Å²) in [6, 6.07) is 61.0. The average molecular weight is 652 g/mol. The summed E-state index contributed by atoms with van der Waals surface area (Å²) >= 11 is 0. The lowest BCUT2D eigenvalue weighted by Gasteiger charge is -2.15. The fourth-order valence-corrected chi connectivity index (χ4v) is 7.30. The third-order valence-electron chi connectivity index (χ3n) is 9.73. The second kappa shape index (κ2) is 11.9. The van der Waals surface area contributed by atoms with Crippen LogP contribution in [0.1, 0.15) is 0 Å². The highest BCUT2D eigenvalue weighted by Gasteiger charge is 2.20. The molecule has 0 bridgehead atoms. The minimum atomic E-state index is 0.636.